The Labute approximate surface area is 137 Å². The van der Waals surface area contributed by atoms with E-state index in [4.69, 9.17) is 12.2 Å². The molecule has 6 nitrogen and oxygen atoms in total. The Bertz CT molecular complexity index is 606. The third-order valence-electron chi connectivity index (χ3n) is 3.31. The van der Waals surface area contributed by atoms with Crippen LogP contribution >= 0.6 is 24.0 Å². The molecule has 0 saturated carbocycles. The zero-order chi connectivity index (χ0) is 16.5. The van der Waals surface area contributed by atoms with Crippen molar-refractivity contribution < 1.29 is 19.8 Å². The Morgan fingerprint density at radius 3 is 2.32 bits per heavy atom. The van der Waals surface area contributed by atoms with Gasteiger partial charge in [0.05, 0.1) is 0 Å². The predicted molar refractivity (Wildman–Crippen MR) is 89.0 cm³/mol. The van der Waals surface area contributed by atoms with Gasteiger partial charge in [0.1, 0.15) is 6.04 Å². The normalized spacial score (nSPS) is 23.1. The van der Waals surface area contributed by atoms with E-state index >= 15 is 0 Å². The highest BCUT2D eigenvalue weighted by molar-refractivity contribution is 8.02. The summed E-state index contributed by atoms with van der Waals surface area (Å²) in [6.07, 6.45) is 0. The van der Waals surface area contributed by atoms with Gasteiger partial charge in [-0.25, -0.2) is 9.59 Å². The minimum Gasteiger partial charge on any atom is -0.480 e. The standard InChI is InChI=1S/C14H16N2O4S2/c1-14(2)9(11(17)18)16(10(22-14)12(19)20)13(21)15-8-6-4-3-5-7-8/h3-7,9-10H,1-2H3,(H,15,21)(H,17,18)(H,19,20)/t9-,10-/m0/s1. The Hall–Kier alpha value is -1.80. The summed E-state index contributed by atoms with van der Waals surface area (Å²) in [5.41, 5.74) is 0.676. The minimum absolute atomic E-state index is 0.0871. The molecule has 0 aliphatic carbocycles. The molecule has 1 aromatic carbocycles. The summed E-state index contributed by atoms with van der Waals surface area (Å²) in [6, 6.07) is 7.96. The van der Waals surface area contributed by atoms with Gasteiger partial charge in [0.2, 0.25) is 0 Å². The average Bonchev–Trinajstić information content (AvgIpc) is 2.72. The fourth-order valence-electron chi connectivity index (χ4n) is 2.40. The molecule has 8 heteroatoms. The third kappa shape index (κ3) is 3.17. The second-order valence-corrected chi connectivity index (χ2v) is 7.48. The van der Waals surface area contributed by atoms with Crippen LogP contribution in [0, 0.1) is 0 Å². The van der Waals surface area contributed by atoms with Crippen molar-refractivity contribution in [1.82, 2.24) is 4.90 Å². The van der Waals surface area contributed by atoms with E-state index in [1.807, 2.05) is 6.07 Å². The SMILES string of the molecule is CC1(C)S[C@@H](C(=O)O)N(C(=S)Nc2ccccc2)[C@H]1C(=O)O. The highest BCUT2D eigenvalue weighted by Crippen LogP contribution is 2.44. The maximum Gasteiger partial charge on any atom is 0.337 e. The van der Waals surface area contributed by atoms with Crippen LogP contribution in [-0.4, -0.2) is 48.3 Å². The maximum atomic E-state index is 11.6. The monoisotopic (exact) mass is 340 g/mol. The molecule has 1 aliphatic heterocycles. The lowest BCUT2D eigenvalue weighted by Gasteiger charge is -2.30. The number of nitrogens with one attached hydrogen (secondary N) is 1. The van der Waals surface area contributed by atoms with Crippen molar-refractivity contribution in [1.29, 1.82) is 0 Å². The lowest BCUT2D eigenvalue weighted by atomic mass is 10.0. The first-order valence-electron chi connectivity index (χ1n) is 6.52. The highest BCUT2D eigenvalue weighted by atomic mass is 32.2. The van der Waals surface area contributed by atoms with Gasteiger partial charge in [-0.1, -0.05) is 18.2 Å². The van der Waals surface area contributed by atoms with E-state index < -0.39 is 28.1 Å². The molecule has 0 amide bonds. The van der Waals surface area contributed by atoms with E-state index in [2.05, 4.69) is 5.32 Å². The number of carbonyl (C=O) groups is 2. The van der Waals surface area contributed by atoms with Crippen molar-refractivity contribution >= 4 is 46.7 Å². The van der Waals surface area contributed by atoms with Gasteiger partial charge in [-0.3, -0.25) is 0 Å². The van der Waals surface area contributed by atoms with Crippen LogP contribution in [0.1, 0.15) is 13.8 Å². The van der Waals surface area contributed by atoms with E-state index in [0.29, 0.717) is 5.69 Å². The molecular weight excluding hydrogens is 324 g/mol. The lowest BCUT2D eigenvalue weighted by Crippen LogP contribution is -2.53. The third-order valence-corrected chi connectivity index (χ3v) is 5.11. The summed E-state index contributed by atoms with van der Waals surface area (Å²) in [7, 11) is 0. The molecule has 1 saturated heterocycles. The van der Waals surface area contributed by atoms with Gasteiger partial charge in [-0.15, -0.1) is 11.8 Å². The molecule has 0 radical (unpaired) electrons. The molecule has 2 rings (SSSR count). The number of thiocarbonyl (C=S) groups is 1. The number of nitrogens with zero attached hydrogens (tertiary/aromatic N) is 1. The van der Waals surface area contributed by atoms with Crippen LogP contribution in [0.2, 0.25) is 0 Å². The number of carboxylic acids is 2. The number of para-hydroxylation sites is 1. The Morgan fingerprint density at radius 1 is 1.23 bits per heavy atom. The van der Waals surface area contributed by atoms with Crippen LogP contribution in [0.5, 0.6) is 0 Å². The van der Waals surface area contributed by atoms with Crippen LogP contribution < -0.4 is 5.32 Å². The van der Waals surface area contributed by atoms with Gasteiger partial charge < -0.3 is 20.4 Å². The Balaban J connectivity index is 2.32. The molecule has 0 bridgehead atoms. The smallest absolute Gasteiger partial charge is 0.337 e. The zero-order valence-electron chi connectivity index (χ0n) is 12.0. The first kappa shape index (κ1) is 16.6. The van der Waals surface area contributed by atoms with Gasteiger partial charge in [-0.05, 0) is 38.2 Å². The fraction of sp³-hybridized carbons (Fsp3) is 0.357. The van der Waals surface area contributed by atoms with Crippen molar-refractivity contribution in [3.05, 3.63) is 30.3 Å². The molecule has 2 atom stereocenters. The minimum atomic E-state index is -1.11. The number of rotatable bonds is 3. The summed E-state index contributed by atoms with van der Waals surface area (Å²) < 4.78 is -0.780. The van der Waals surface area contributed by atoms with Crippen molar-refractivity contribution in [2.24, 2.45) is 0 Å². The second kappa shape index (κ2) is 6.13. The fourth-order valence-corrected chi connectivity index (χ4v) is 4.15. The summed E-state index contributed by atoms with van der Waals surface area (Å²) >= 11 is 6.34. The van der Waals surface area contributed by atoms with Crippen LogP contribution in [0.3, 0.4) is 0 Å². The van der Waals surface area contributed by atoms with Gasteiger partial charge in [0.25, 0.3) is 0 Å². The predicted octanol–water partition coefficient (Wildman–Crippen LogP) is 2.07. The van der Waals surface area contributed by atoms with Crippen molar-refractivity contribution in [2.45, 2.75) is 30.0 Å². The van der Waals surface area contributed by atoms with E-state index in [9.17, 15) is 19.8 Å². The molecule has 1 aromatic rings. The van der Waals surface area contributed by atoms with Gasteiger partial charge >= 0.3 is 11.9 Å². The van der Waals surface area contributed by atoms with Gasteiger partial charge in [0.15, 0.2) is 10.5 Å². The number of thioether (sulfide) groups is 1. The summed E-state index contributed by atoms with van der Waals surface area (Å²) in [5.74, 6) is -2.21. The molecule has 1 fully saturated rings. The number of hydrogen-bond acceptors (Lipinski definition) is 4. The number of aliphatic carboxylic acids is 2. The van der Waals surface area contributed by atoms with Crippen molar-refractivity contribution in [2.75, 3.05) is 5.32 Å². The molecule has 1 heterocycles. The van der Waals surface area contributed by atoms with Crippen LogP contribution in [-0.2, 0) is 9.59 Å². The molecular formula is C14H16N2O4S2. The Morgan fingerprint density at radius 2 is 1.82 bits per heavy atom. The quantitative estimate of drug-likeness (QED) is 0.721. The van der Waals surface area contributed by atoms with Gasteiger partial charge in [-0.2, -0.15) is 0 Å². The van der Waals surface area contributed by atoms with E-state index in [1.165, 1.54) is 4.90 Å². The molecule has 0 spiro atoms. The lowest BCUT2D eigenvalue weighted by molar-refractivity contribution is -0.144. The molecule has 3 N–H and O–H groups in total. The molecule has 0 aromatic heterocycles. The first-order chi connectivity index (χ1) is 10.2. The number of hydrogen-bond donors (Lipinski definition) is 3. The molecule has 1 aliphatic rings. The average molecular weight is 340 g/mol. The first-order valence-corrected chi connectivity index (χ1v) is 7.80. The van der Waals surface area contributed by atoms with E-state index in [0.717, 1.165) is 11.8 Å². The molecule has 22 heavy (non-hydrogen) atoms. The molecule has 118 valence electrons. The van der Waals surface area contributed by atoms with Crippen LogP contribution in [0.15, 0.2) is 30.3 Å². The van der Waals surface area contributed by atoms with Gasteiger partial charge in [0, 0.05) is 10.4 Å². The Kier molecular flexibility index (Phi) is 4.62. The molecule has 0 unspecified atom stereocenters. The summed E-state index contributed by atoms with van der Waals surface area (Å²) in [5, 5.41) is 20.8. The topological polar surface area (TPSA) is 89.9 Å². The summed E-state index contributed by atoms with van der Waals surface area (Å²) in [4.78, 5) is 24.3. The number of carboxylic acid groups (broad SMARTS) is 2. The highest BCUT2D eigenvalue weighted by Gasteiger charge is 2.54. The van der Waals surface area contributed by atoms with Crippen LogP contribution in [0.25, 0.3) is 0 Å². The van der Waals surface area contributed by atoms with E-state index in [-0.39, 0.29) is 5.11 Å². The zero-order valence-corrected chi connectivity index (χ0v) is 13.6. The maximum absolute atomic E-state index is 11.6. The van der Waals surface area contributed by atoms with Crippen LogP contribution in [0.4, 0.5) is 5.69 Å². The second-order valence-electron chi connectivity index (χ2n) is 5.36. The van der Waals surface area contributed by atoms with Crippen molar-refractivity contribution in [3.8, 4) is 0 Å². The van der Waals surface area contributed by atoms with E-state index in [1.54, 1.807) is 38.1 Å². The largest absolute Gasteiger partial charge is 0.480 e. The summed E-state index contributed by atoms with van der Waals surface area (Å²) in [6.45, 7) is 3.41. The van der Waals surface area contributed by atoms with Crippen molar-refractivity contribution in [3.63, 3.8) is 0 Å². The number of anilines is 1. The number of benzene rings is 1.